The number of hydrogen-bond acceptors (Lipinski definition) is 2. The maximum absolute atomic E-state index is 11.6. The molecule has 0 unspecified atom stereocenters. The lowest BCUT2D eigenvalue weighted by Crippen LogP contribution is -2.37. The molecule has 0 aromatic heterocycles. The van der Waals surface area contributed by atoms with E-state index >= 15 is 0 Å². The van der Waals surface area contributed by atoms with Gasteiger partial charge in [0, 0.05) is 0 Å². The van der Waals surface area contributed by atoms with Gasteiger partial charge in [-0.15, -0.1) is 0 Å². The molecule has 1 amide bonds. The van der Waals surface area contributed by atoms with Crippen LogP contribution in [-0.4, -0.2) is 12.5 Å². The number of benzene rings is 1. The largest absolute Gasteiger partial charge is 0.348 e. The Balaban J connectivity index is 2.14. The first-order valence-corrected chi connectivity index (χ1v) is 6.85. The monoisotopic (exact) mass is 246 g/mol. The summed E-state index contributed by atoms with van der Waals surface area (Å²) >= 11 is 0. The summed E-state index contributed by atoms with van der Waals surface area (Å²) in [5, 5.41) is 3.09. The van der Waals surface area contributed by atoms with Crippen LogP contribution in [0.5, 0.6) is 0 Å². The van der Waals surface area contributed by atoms with Crippen molar-refractivity contribution in [1.29, 1.82) is 0 Å². The molecule has 2 rings (SSSR count). The smallest absolute Gasteiger partial charge is 0.234 e. The average molecular weight is 246 g/mol. The van der Waals surface area contributed by atoms with Crippen LogP contribution in [0.4, 0.5) is 0 Å². The molecule has 0 radical (unpaired) electrons. The fourth-order valence-corrected chi connectivity index (χ4v) is 2.83. The molecule has 1 aromatic rings. The van der Waals surface area contributed by atoms with Crippen molar-refractivity contribution in [1.82, 2.24) is 5.32 Å². The Labute approximate surface area is 109 Å². The van der Waals surface area contributed by atoms with Gasteiger partial charge in [-0.25, -0.2) is 0 Å². The second-order valence-electron chi connectivity index (χ2n) is 5.06. The van der Waals surface area contributed by atoms with Crippen LogP contribution in [0.15, 0.2) is 30.3 Å². The van der Waals surface area contributed by atoms with E-state index in [-0.39, 0.29) is 18.5 Å². The van der Waals surface area contributed by atoms with Crippen LogP contribution in [0.25, 0.3) is 0 Å². The molecule has 1 aromatic carbocycles. The molecule has 1 fully saturated rings. The quantitative estimate of drug-likeness (QED) is 0.857. The summed E-state index contributed by atoms with van der Waals surface area (Å²) in [6, 6.07) is 10.4. The number of nitrogens with two attached hydrogens (primary N) is 1. The summed E-state index contributed by atoms with van der Waals surface area (Å²) in [6.45, 7) is 0.0655. The molecule has 1 aliphatic rings. The molecule has 3 nitrogen and oxygen atoms in total. The third kappa shape index (κ3) is 3.33. The number of nitrogens with one attached hydrogen (secondary N) is 1. The summed E-state index contributed by atoms with van der Waals surface area (Å²) in [6.07, 6.45) is 6.26. The molecule has 3 heteroatoms. The minimum atomic E-state index is -0.0607. The number of carbonyl (C=O) groups excluding carboxylic acids is 1. The third-order valence-corrected chi connectivity index (χ3v) is 3.78. The second kappa shape index (κ2) is 6.55. The summed E-state index contributed by atoms with van der Waals surface area (Å²) < 4.78 is 0. The van der Waals surface area contributed by atoms with Gasteiger partial charge in [-0.2, -0.15) is 0 Å². The lowest BCUT2D eigenvalue weighted by atomic mass is 9.81. The van der Waals surface area contributed by atoms with E-state index in [0.717, 1.165) is 0 Å². The van der Waals surface area contributed by atoms with Gasteiger partial charge in [0.2, 0.25) is 5.91 Å². The highest BCUT2D eigenvalue weighted by atomic mass is 16.1. The van der Waals surface area contributed by atoms with Crippen LogP contribution >= 0.6 is 0 Å². The fraction of sp³-hybridized carbons (Fsp3) is 0.533. The number of hydrogen-bond donors (Lipinski definition) is 2. The van der Waals surface area contributed by atoms with Crippen molar-refractivity contribution in [3.8, 4) is 0 Å². The molecule has 0 bridgehead atoms. The SMILES string of the molecule is NCC(=O)N[C@H](c1ccccc1)C1CCCCC1. The first-order valence-electron chi connectivity index (χ1n) is 6.85. The molecule has 0 saturated heterocycles. The molecule has 0 spiro atoms. The summed E-state index contributed by atoms with van der Waals surface area (Å²) in [4.78, 5) is 11.6. The minimum Gasteiger partial charge on any atom is -0.348 e. The Morgan fingerprint density at radius 2 is 1.89 bits per heavy atom. The highest BCUT2D eigenvalue weighted by Crippen LogP contribution is 2.34. The summed E-state index contributed by atoms with van der Waals surface area (Å²) in [5.74, 6) is 0.492. The number of amides is 1. The molecule has 1 atom stereocenters. The van der Waals surface area contributed by atoms with E-state index < -0.39 is 0 Å². The summed E-state index contributed by atoms with van der Waals surface area (Å²) in [5.41, 5.74) is 6.62. The van der Waals surface area contributed by atoms with Crippen LogP contribution in [0, 0.1) is 5.92 Å². The average Bonchev–Trinajstić information content (AvgIpc) is 2.46. The number of rotatable bonds is 4. The van der Waals surface area contributed by atoms with E-state index in [2.05, 4.69) is 17.4 Å². The summed E-state index contributed by atoms with van der Waals surface area (Å²) in [7, 11) is 0. The van der Waals surface area contributed by atoms with Crippen molar-refractivity contribution in [3.05, 3.63) is 35.9 Å². The van der Waals surface area contributed by atoms with Gasteiger partial charge >= 0.3 is 0 Å². The Morgan fingerprint density at radius 3 is 2.50 bits per heavy atom. The second-order valence-corrected chi connectivity index (χ2v) is 5.06. The van der Waals surface area contributed by atoms with Crippen molar-refractivity contribution in [2.45, 2.75) is 38.1 Å². The molecule has 18 heavy (non-hydrogen) atoms. The van der Waals surface area contributed by atoms with Gasteiger partial charge in [0.15, 0.2) is 0 Å². The Bertz CT molecular complexity index is 371. The van der Waals surface area contributed by atoms with Gasteiger partial charge in [0.05, 0.1) is 12.6 Å². The maximum Gasteiger partial charge on any atom is 0.234 e. The van der Waals surface area contributed by atoms with Crippen LogP contribution < -0.4 is 11.1 Å². The zero-order chi connectivity index (χ0) is 12.8. The highest BCUT2D eigenvalue weighted by Gasteiger charge is 2.25. The molecular formula is C15H22N2O. The van der Waals surface area contributed by atoms with Crippen molar-refractivity contribution in [3.63, 3.8) is 0 Å². The van der Waals surface area contributed by atoms with Gasteiger partial charge in [0.1, 0.15) is 0 Å². The molecule has 0 aliphatic heterocycles. The van der Waals surface area contributed by atoms with Crippen LogP contribution in [0.2, 0.25) is 0 Å². The van der Waals surface area contributed by atoms with Crippen LogP contribution in [0.1, 0.15) is 43.7 Å². The van der Waals surface area contributed by atoms with Crippen molar-refractivity contribution < 1.29 is 4.79 Å². The van der Waals surface area contributed by atoms with Crippen molar-refractivity contribution in [2.75, 3.05) is 6.54 Å². The van der Waals surface area contributed by atoms with Crippen molar-refractivity contribution >= 4 is 5.91 Å². The van der Waals surface area contributed by atoms with Crippen LogP contribution in [-0.2, 0) is 4.79 Å². The van der Waals surface area contributed by atoms with Gasteiger partial charge in [-0.05, 0) is 24.3 Å². The molecular weight excluding hydrogens is 224 g/mol. The van der Waals surface area contributed by atoms with Gasteiger partial charge in [-0.1, -0.05) is 49.6 Å². The normalized spacial score (nSPS) is 18.3. The Morgan fingerprint density at radius 1 is 1.22 bits per heavy atom. The predicted octanol–water partition coefficient (Wildman–Crippen LogP) is 2.38. The predicted molar refractivity (Wildman–Crippen MR) is 73.0 cm³/mol. The Hall–Kier alpha value is -1.35. The van der Waals surface area contributed by atoms with Gasteiger partial charge in [0.25, 0.3) is 0 Å². The zero-order valence-electron chi connectivity index (χ0n) is 10.8. The van der Waals surface area contributed by atoms with E-state index in [1.165, 1.54) is 37.7 Å². The van der Waals surface area contributed by atoms with E-state index in [1.807, 2.05) is 18.2 Å². The van der Waals surface area contributed by atoms with E-state index in [0.29, 0.717) is 5.92 Å². The van der Waals surface area contributed by atoms with E-state index in [9.17, 15) is 4.79 Å². The lowest BCUT2D eigenvalue weighted by molar-refractivity contribution is -0.121. The molecule has 1 saturated carbocycles. The molecule has 98 valence electrons. The first kappa shape index (κ1) is 13.1. The Kier molecular flexibility index (Phi) is 4.76. The molecule has 0 heterocycles. The molecule has 1 aliphatic carbocycles. The first-order chi connectivity index (χ1) is 8.81. The topological polar surface area (TPSA) is 55.1 Å². The fourth-order valence-electron chi connectivity index (χ4n) is 2.83. The number of carbonyl (C=O) groups is 1. The maximum atomic E-state index is 11.6. The zero-order valence-corrected chi connectivity index (χ0v) is 10.8. The lowest BCUT2D eigenvalue weighted by Gasteiger charge is -2.31. The molecule has 3 N–H and O–H groups in total. The van der Waals surface area contributed by atoms with E-state index in [1.54, 1.807) is 0 Å². The van der Waals surface area contributed by atoms with Gasteiger partial charge in [-0.3, -0.25) is 4.79 Å². The van der Waals surface area contributed by atoms with Crippen LogP contribution in [0.3, 0.4) is 0 Å². The highest BCUT2D eigenvalue weighted by molar-refractivity contribution is 5.78. The van der Waals surface area contributed by atoms with Gasteiger partial charge < -0.3 is 11.1 Å². The minimum absolute atomic E-state index is 0.0607. The van der Waals surface area contributed by atoms with E-state index in [4.69, 9.17) is 5.73 Å². The standard InChI is InChI=1S/C15H22N2O/c16-11-14(18)17-15(12-7-3-1-4-8-12)13-9-5-2-6-10-13/h1,3-4,7-8,13,15H,2,5-6,9-11,16H2,(H,17,18)/t15-/m1/s1. The van der Waals surface area contributed by atoms with Crippen molar-refractivity contribution in [2.24, 2.45) is 11.7 Å². The third-order valence-electron chi connectivity index (χ3n) is 3.78.